The van der Waals surface area contributed by atoms with Gasteiger partial charge in [0.25, 0.3) is 0 Å². The fourth-order valence-corrected chi connectivity index (χ4v) is 1.82. The number of rotatable bonds is 6. The molecule has 0 spiro atoms. The Kier molecular flexibility index (Phi) is 6.10. The molecule has 1 aromatic carbocycles. The maximum absolute atomic E-state index is 12.8. The summed E-state index contributed by atoms with van der Waals surface area (Å²) in [5, 5.41) is 22.9. The fraction of sp³-hybridized carbons (Fsp3) is 0.429. The van der Waals surface area contributed by atoms with Crippen molar-refractivity contribution in [3.05, 3.63) is 35.6 Å². The standard InChI is InChI=1S/C14H19FN2O4/c1-8(7-10-3-5-11(15)6-4-10)16-14(21)17-12(9(2)18)13(19)20/h3-6,8-9,12,18H,7H2,1-2H3,(H,19,20)(H2,16,17,21)/t8?,9-,12+/m1/s1. The number of halogens is 1. The van der Waals surface area contributed by atoms with Gasteiger partial charge in [0.05, 0.1) is 6.10 Å². The minimum absolute atomic E-state index is 0.279. The normalized spacial score (nSPS) is 14.9. The summed E-state index contributed by atoms with van der Waals surface area (Å²) < 4.78 is 12.8. The van der Waals surface area contributed by atoms with Crippen LogP contribution >= 0.6 is 0 Å². The Labute approximate surface area is 122 Å². The summed E-state index contributed by atoms with van der Waals surface area (Å²) in [5.74, 6) is -1.65. The fourth-order valence-electron chi connectivity index (χ4n) is 1.82. The Balaban J connectivity index is 2.50. The van der Waals surface area contributed by atoms with Gasteiger partial charge in [-0.1, -0.05) is 12.1 Å². The van der Waals surface area contributed by atoms with Crippen LogP contribution in [0.3, 0.4) is 0 Å². The van der Waals surface area contributed by atoms with Crippen molar-refractivity contribution in [3.63, 3.8) is 0 Å². The van der Waals surface area contributed by atoms with Gasteiger partial charge in [0.2, 0.25) is 0 Å². The van der Waals surface area contributed by atoms with Crippen LogP contribution in [0.2, 0.25) is 0 Å². The maximum atomic E-state index is 12.8. The highest BCUT2D eigenvalue weighted by molar-refractivity contribution is 5.83. The van der Waals surface area contributed by atoms with E-state index in [0.717, 1.165) is 5.56 Å². The zero-order valence-corrected chi connectivity index (χ0v) is 11.8. The van der Waals surface area contributed by atoms with Crippen LogP contribution in [0.15, 0.2) is 24.3 Å². The van der Waals surface area contributed by atoms with Crippen molar-refractivity contribution >= 4 is 12.0 Å². The summed E-state index contributed by atoms with van der Waals surface area (Å²) in [6.45, 7) is 3.02. The zero-order chi connectivity index (χ0) is 16.0. The van der Waals surface area contributed by atoms with E-state index in [0.29, 0.717) is 6.42 Å². The average molecular weight is 298 g/mol. The summed E-state index contributed by atoms with van der Waals surface area (Å²) in [4.78, 5) is 22.5. The Morgan fingerprint density at radius 2 is 1.76 bits per heavy atom. The number of hydrogen-bond donors (Lipinski definition) is 4. The van der Waals surface area contributed by atoms with E-state index in [1.165, 1.54) is 19.1 Å². The molecule has 0 radical (unpaired) electrons. The largest absolute Gasteiger partial charge is 0.480 e. The van der Waals surface area contributed by atoms with Crippen molar-refractivity contribution in [2.75, 3.05) is 0 Å². The molecule has 1 rings (SSSR count). The molecule has 0 aliphatic carbocycles. The molecule has 0 heterocycles. The third-order valence-corrected chi connectivity index (χ3v) is 2.87. The Hall–Kier alpha value is -2.15. The third kappa shape index (κ3) is 5.78. The lowest BCUT2D eigenvalue weighted by molar-refractivity contribution is -0.141. The highest BCUT2D eigenvalue weighted by Crippen LogP contribution is 2.05. The minimum Gasteiger partial charge on any atom is -0.480 e. The molecule has 0 saturated carbocycles. The second-order valence-corrected chi connectivity index (χ2v) is 4.91. The van der Waals surface area contributed by atoms with Gasteiger partial charge in [-0.25, -0.2) is 14.0 Å². The maximum Gasteiger partial charge on any atom is 0.328 e. The van der Waals surface area contributed by atoms with Crippen molar-refractivity contribution in [3.8, 4) is 0 Å². The summed E-state index contributed by atoms with van der Waals surface area (Å²) in [5.41, 5.74) is 0.842. The number of carboxylic acids is 1. The van der Waals surface area contributed by atoms with E-state index in [1.807, 2.05) is 0 Å². The monoisotopic (exact) mass is 298 g/mol. The van der Waals surface area contributed by atoms with Gasteiger partial charge in [0.15, 0.2) is 6.04 Å². The second kappa shape index (κ2) is 7.58. The molecule has 4 N–H and O–H groups in total. The summed E-state index contributed by atoms with van der Waals surface area (Å²) >= 11 is 0. The molecule has 0 saturated heterocycles. The lowest BCUT2D eigenvalue weighted by Crippen LogP contribution is -2.52. The summed E-state index contributed by atoms with van der Waals surface area (Å²) in [6, 6.07) is 3.55. The van der Waals surface area contributed by atoms with Gasteiger partial charge in [0, 0.05) is 6.04 Å². The molecule has 1 unspecified atom stereocenters. The molecule has 0 bridgehead atoms. The molecule has 7 heteroatoms. The van der Waals surface area contributed by atoms with Crippen molar-refractivity contribution in [2.45, 2.75) is 38.5 Å². The number of benzene rings is 1. The van der Waals surface area contributed by atoms with Crippen LogP contribution in [0.5, 0.6) is 0 Å². The van der Waals surface area contributed by atoms with Crippen LogP contribution in [0.1, 0.15) is 19.4 Å². The number of hydrogen-bond acceptors (Lipinski definition) is 3. The number of carbonyl (C=O) groups excluding carboxylic acids is 1. The topological polar surface area (TPSA) is 98.7 Å². The molecule has 0 fully saturated rings. The molecule has 0 aliphatic rings. The number of urea groups is 1. The van der Waals surface area contributed by atoms with Crippen molar-refractivity contribution in [2.24, 2.45) is 0 Å². The molecule has 21 heavy (non-hydrogen) atoms. The van der Waals surface area contributed by atoms with Crippen LogP contribution in [0.4, 0.5) is 9.18 Å². The first-order valence-electron chi connectivity index (χ1n) is 6.52. The number of nitrogens with one attached hydrogen (secondary N) is 2. The number of carbonyl (C=O) groups is 2. The van der Waals surface area contributed by atoms with E-state index < -0.39 is 24.1 Å². The van der Waals surface area contributed by atoms with E-state index in [-0.39, 0.29) is 11.9 Å². The molecule has 116 valence electrons. The van der Waals surface area contributed by atoms with Crippen LogP contribution in [0.25, 0.3) is 0 Å². The van der Waals surface area contributed by atoms with E-state index in [4.69, 9.17) is 5.11 Å². The van der Waals surface area contributed by atoms with Crippen LogP contribution in [-0.2, 0) is 11.2 Å². The molecular formula is C14H19FN2O4. The van der Waals surface area contributed by atoms with Gasteiger partial charge < -0.3 is 20.8 Å². The van der Waals surface area contributed by atoms with Gasteiger partial charge >= 0.3 is 12.0 Å². The van der Waals surface area contributed by atoms with Crippen LogP contribution in [-0.4, -0.2) is 40.4 Å². The van der Waals surface area contributed by atoms with Gasteiger partial charge in [-0.2, -0.15) is 0 Å². The molecule has 0 aliphatic heterocycles. The predicted molar refractivity (Wildman–Crippen MR) is 74.3 cm³/mol. The highest BCUT2D eigenvalue weighted by atomic mass is 19.1. The predicted octanol–water partition coefficient (Wildman–Crippen LogP) is 0.890. The molecule has 0 aromatic heterocycles. The molecule has 6 nitrogen and oxygen atoms in total. The Morgan fingerprint density at radius 1 is 1.19 bits per heavy atom. The Morgan fingerprint density at radius 3 is 2.24 bits per heavy atom. The molecule has 2 amide bonds. The van der Waals surface area contributed by atoms with E-state index >= 15 is 0 Å². The molecule has 1 aromatic rings. The average Bonchev–Trinajstić information content (AvgIpc) is 2.38. The quantitative estimate of drug-likeness (QED) is 0.627. The minimum atomic E-state index is -1.37. The molecular weight excluding hydrogens is 279 g/mol. The van der Waals surface area contributed by atoms with Crippen molar-refractivity contribution in [1.29, 1.82) is 0 Å². The van der Waals surface area contributed by atoms with Gasteiger partial charge in [-0.3, -0.25) is 0 Å². The van der Waals surface area contributed by atoms with E-state index in [1.54, 1.807) is 19.1 Å². The van der Waals surface area contributed by atoms with Crippen LogP contribution in [0, 0.1) is 5.82 Å². The van der Waals surface area contributed by atoms with E-state index in [9.17, 15) is 19.1 Å². The number of amides is 2. The smallest absolute Gasteiger partial charge is 0.328 e. The summed E-state index contributed by atoms with van der Waals surface area (Å²) in [7, 11) is 0. The highest BCUT2D eigenvalue weighted by Gasteiger charge is 2.25. The van der Waals surface area contributed by atoms with Gasteiger partial charge in [-0.15, -0.1) is 0 Å². The first-order valence-corrected chi connectivity index (χ1v) is 6.52. The lowest BCUT2D eigenvalue weighted by Gasteiger charge is -2.20. The second-order valence-electron chi connectivity index (χ2n) is 4.91. The molecule has 3 atom stereocenters. The van der Waals surface area contributed by atoms with Crippen molar-refractivity contribution in [1.82, 2.24) is 10.6 Å². The van der Waals surface area contributed by atoms with Gasteiger partial charge in [0.1, 0.15) is 5.82 Å². The first kappa shape index (κ1) is 16.9. The zero-order valence-electron chi connectivity index (χ0n) is 11.8. The van der Waals surface area contributed by atoms with E-state index in [2.05, 4.69) is 10.6 Å². The number of carboxylic acid groups (broad SMARTS) is 1. The number of aliphatic hydroxyl groups excluding tert-OH is 1. The van der Waals surface area contributed by atoms with Crippen LogP contribution < -0.4 is 10.6 Å². The lowest BCUT2D eigenvalue weighted by atomic mass is 10.1. The number of aliphatic hydroxyl groups is 1. The van der Waals surface area contributed by atoms with Gasteiger partial charge in [-0.05, 0) is 38.0 Å². The SMILES string of the molecule is CC(Cc1ccc(F)cc1)NC(=O)N[C@H](C(=O)O)[C@@H](C)O. The first-order chi connectivity index (χ1) is 9.79. The number of aliphatic carboxylic acids is 1. The Bertz CT molecular complexity index is 490. The van der Waals surface area contributed by atoms with Crippen molar-refractivity contribution < 1.29 is 24.2 Å². The summed E-state index contributed by atoms with van der Waals surface area (Å²) in [6.07, 6.45) is -0.735. The third-order valence-electron chi connectivity index (χ3n) is 2.87.